The monoisotopic (exact) mass is 497 g/mol. The normalized spacial score (nSPS) is 21.1. The predicted octanol–water partition coefficient (Wildman–Crippen LogP) is 3.69. The Labute approximate surface area is 210 Å². The third-order valence-electron chi connectivity index (χ3n) is 6.92. The maximum Gasteiger partial charge on any atom is 0.247 e. The number of fused-ring (bicyclic) bond motifs is 1. The Morgan fingerprint density at radius 3 is 2.25 bits per heavy atom. The molecule has 1 aliphatic heterocycles. The molecule has 8 heteroatoms. The molecule has 3 atom stereocenters. The van der Waals surface area contributed by atoms with E-state index in [2.05, 4.69) is 10.6 Å². The van der Waals surface area contributed by atoms with Gasteiger partial charge in [-0.15, -0.1) is 0 Å². The van der Waals surface area contributed by atoms with Gasteiger partial charge >= 0.3 is 0 Å². The topological polar surface area (TPSA) is 78.5 Å². The number of carbonyl (C=O) groups excluding carboxylic acids is 3. The van der Waals surface area contributed by atoms with Crippen molar-refractivity contribution < 1.29 is 23.2 Å². The van der Waals surface area contributed by atoms with E-state index >= 15 is 4.39 Å². The Balaban J connectivity index is 1.78. The molecule has 0 unspecified atom stereocenters. The number of benzene rings is 2. The van der Waals surface area contributed by atoms with Crippen LogP contribution in [0.2, 0.25) is 0 Å². The standard InChI is InChI=1S/C28H33F2N3O3/c1-15(2)11-23-26(34)32-24(19-12-17-7-5-6-8-18(17)13-19)28(36)33(23)25(27(35)31-16(3)4)21-10-9-20(29)14-22(21)30/h5-10,14-16,19,23-25H,11-13H2,1-4H3,(H,31,35)(H,32,34)/t23-,24-,25+/m1/s1. The van der Waals surface area contributed by atoms with Crippen molar-refractivity contribution in [3.05, 3.63) is 70.8 Å². The van der Waals surface area contributed by atoms with E-state index in [1.165, 1.54) is 11.0 Å². The summed E-state index contributed by atoms with van der Waals surface area (Å²) in [6, 6.07) is 7.31. The molecule has 2 aromatic carbocycles. The minimum absolute atomic E-state index is 0.0233. The molecule has 2 aromatic rings. The smallest absolute Gasteiger partial charge is 0.247 e. The molecule has 0 saturated carbocycles. The fourth-order valence-electron chi connectivity index (χ4n) is 5.38. The van der Waals surface area contributed by atoms with E-state index in [1.807, 2.05) is 38.1 Å². The van der Waals surface area contributed by atoms with Crippen LogP contribution in [0.5, 0.6) is 0 Å². The highest BCUT2D eigenvalue weighted by Gasteiger charge is 2.50. The molecule has 3 amide bonds. The van der Waals surface area contributed by atoms with Gasteiger partial charge in [0.15, 0.2) is 0 Å². The van der Waals surface area contributed by atoms with Crippen molar-refractivity contribution in [1.29, 1.82) is 0 Å². The van der Waals surface area contributed by atoms with E-state index in [0.717, 1.165) is 17.2 Å². The van der Waals surface area contributed by atoms with Crippen molar-refractivity contribution in [1.82, 2.24) is 15.5 Å². The van der Waals surface area contributed by atoms with E-state index < -0.39 is 41.6 Å². The molecule has 2 N–H and O–H groups in total. The Hall–Kier alpha value is -3.29. The summed E-state index contributed by atoms with van der Waals surface area (Å²) in [5, 5.41) is 5.69. The van der Waals surface area contributed by atoms with Gasteiger partial charge in [-0.2, -0.15) is 0 Å². The zero-order chi connectivity index (χ0) is 26.1. The van der Waals surface area contributed by atoms with Gasteiger partial charge in [0.2, 0.25) is 17.7 Å². The van der Waals surface area contributed by atoms with Gasteiger partial charge in [-0.3, -0.25) is 14.4 Å². The van der Waals surface area contributed by atoms with Crippen molar-refractivity contribution >= 4 is 17.7 Å². The highest BCUT2D eigenvalue weighted by molar-refractivity contribution is 6.00. The molecular weight excluding hydrogens is 464 g/mol. The number of carbonyl (C=O) groups is 3. The van der Waals surface area contributed by atoms with Crippen molar-refractivity contribution in [3.8, 4) is 0 Å². The van der Waals surface area contributed by atoms with Crippen LogP contribution in [-0.4, -0.2) is 40.7 Å². The van der Waals surface area contributed by atoms with Gasteiger partial charge in [0, 0.05) is 17.7 Å². The maximum absolute atomic E-state index is 15.1. The Morgan fingerprint density at radius 2 is 1.69 bits per heavy atom. The summed E-state index contributed by atoms with van der Waals surface area (Å²) in [7, 11) is 0. The van der Waals surface area contributed by atoms with E-state index in [9.17, 15) is 18.8 Å². The first kappa shape index (κ1) is 25.8. The second kappa shape index (κ2) is 10.4. The van der Waals surface area contributed by atoms with Crippen LogP contribution in [0.15, 0.2) is 42.5 Å². The number of nitrogens with one attached hydrogen (secondary N) is 2. The average molecular weight is 498 g/mol. The van der Waals surface area contributed by atoms with Crippen LogP contribution in [0.3, 0.4) is 0 Å². The molecule has 0 bridgehead atoms. The third kappa shape index (κ3) is 5.13. The summed E-state index contributed by atoms with van der Waals surface area (Å²) in [5.41, 5.74) is 2.11. The highest BCUT2D eigenvalue weighted by Crippen LogP contribution is 2.36. The molecule has 36 heavy (non-hydrogen) atoms. The van der Waals surface area contributed by atoms with Gasteiger partial charge in [-0.1, -0.05) is 44.2 Å². The van der Waals surface area contributed by atoms with Crippen LogP contribution in [0, 0.1) is 23.5 Å². The van der Waals surface area contributed by atoms with Crippen LogP contribution >= 0.6 is 0 Å². The molecule has 0 aromatic heterocycles. The number of piperazine rings is 1. The fraction of sp³-hybridized carbons (Fsp3) is 0.464. The first-order chi connectivity index (χ1) is 17.1. The van der Waals surface area contributed by atoms with Gasteiger partial charge < -0.3 is 15.5 Å². The van der Waals surface area contributed by atoms with Gasteiger partial charge in [0.05, 0.1) is 0 Å². The Kier molecular flexibility index (Phi) is 7.43. The lowest BCUT2D eigenvalue weighted by Crippen LogP contribution is -2.67. The molecule has 2 aliphatic rings. The predicted molar refractivity (Wildman–Crippen MR) is 132 cm³/mol. The van der Waals surface area contributed by atoms with Crippen molar-refractivity contribution in [3.63, 3.8) is 0 Å². The average Bonchev–Trinajstić information content (AvgIpc) is 3.22. The lowest BCUT2D eigenvalue weighted by Gasteiger charge is -2.45. The molecule has 1 aliphatic carbocycles. The Morgan fingerprint density at radius 1 is 1.06 bits per heavy atom. The van der Waals surface area contributed by atoms with Crippen LogP contribution in [0.25, 0.3) is 0 Å². The van der Waals surface area contributed by atoms with E-state index in [0.29, 0.717) is 25.3 Å². The summed E-state index contributed by atoms with van der Waals surface area (Å²) in [6.45, 7) is 7.34. The number of hydrogen-bond donors (Lipinski definition) is 2. The van der Waals surface area contributed by atoms with Crippen molar-refractivity contribution in [2.75, 3.05) is 0 Å². The van der Waals surface area contributed by atoms with Crippen molar-refractivity contribution in [2.24, 2.45) is 11.8 Å². The highest BCUT2D eigenvalue weighted by atomic mass is 19.1. The summed E-state index contributed by atoms with van der Waals surface area (Å²) in [5.74, 6) is -3.29. The second-order valence-corrected chi connectivity index (χ2v) is 10.5. The molecule has 4 rings (SSSR count). The minimum Gasteiger partial charge on any atom is -0.352 e. The SMILES string of the molecule is CC(C)C[C@@H]1C(=O)N[C@H](C2Cc3ccccc3C2)C(=O)N1[C@H](C(=O)NC(C)C)c1ccc(F)cc1F. The summed E-state index contributed by atoms with van der Waals surface area (Å²) >= 11 is 0. The number of hydrogen-bond acceptors (Lipinski definition) is 3. The molecule has 1 fully saturated rings. The number of nitrogens with zero attached hydrogens (tertiary/aromatic N) is 1. The number of halogens is 2. The van der Waals surface area contributed by atoms with Gasteiger partial charge in [0.25, 0.3) is 0 Å². The largest absolute Gasteiger partial charge is 0.352 e. The third-order valence-corrected chi connectivity index (χ3v) is 6.92. The molecule has 1 saturated heterocycles. The molecule has 6 nitrogen and oxygen atoms in total. The van der Waals surface area contributed by atoms with E-state index in [-0.39, 0.29) is 29.3 Å². The second-order valence-electron chi connectivity index (χ2n) is 10.5. The molecule has 192 valence electrons. The molecular formula is C28H33F2N3O3. The van der Waals surface area contributed by atoms with Crippen LogP contribution in [-0.2, 0) is 27.2 Å². The van der Waals surface area contributed by atoms with E-state index in [4.69, 9.17) is 0 Å². The lowest BCUT2D eigenvalue weighted by molar-refractivity contribution is -0.158. The zero-order valence-corrected chi connectivity index (χ0v) is 21.1. The molecule has 1 heterocycles. The quantitative estimate of drug-likeness (QED) is 0.613. The number of amides is 3. The zero-order valence-electron chi connectivity index (χ0n) is 21.1. The van der Waals surface area contributed by atoms with Crippen LogP contribution in [0.4, 0.5) is 8.78 Å². The van der Waals surface area contributed by atoms with Crippen LogP contribution in [0.1, 0.15) is 56.8 Å². The summed E-state index contributed by atoms with van der Waals surface area (Å²) < 4.78 is 28.8. The Bertz CT molecular complexity index is 1140. The summed E-state index contributed by atoms with van der Waals surface area (Å²) in [6.07, 6.45) is 1.52. The summed E-state index contributed by atoms with van der Waals surface area (Å²) in [4.78, 5) is 42.3. The van der Waals surface area contributed by atoms with Gasteiger partial charge in [0.1, 0.15) is 29.8 Å². The van der Waals surface area contributed by atoms with Crippen LogP contribution < -0.4 is 10.6 Å². The number of rotatable bonds is 7. The minimum atomic E-state index is -1.42. The van der Waals surface area contributed by atoms with Gasteiger partial charge in [-0.25, -0.2) is 8.78 Å². The van der Waals surface area contributed by atoms with Crippen molar-refractivity contribution in [2.45, 2.75) is 71.1 Å². The molecule has 0 spiro atoms. The molecule has 0 radical (unpaired) electrons. The first-order valence-electron chi connectivity index (χ1n) is 12.5. The van der Waals surface area contributed by atoms with E-state index in [1.54, 1.807) is 13.8 Å². The van der Waals surface area contributed by atoms with Gasteiger partial charge in [-0.05, 0) is 62.1 Å². The first-order valence-corrected chi connectivity index (χ1v) is 12.5. The maximum atomic E-state index is 15.1. The lowest BCUT2D eigenvalue weighted by atomic mass is 9.87. The fourth-order valence-corrected chi connectivity index (χ4v) is 5.38.